The smallest absolute Gasteiger partial charge is 0.489 e. The van der Waals surface area contributed by atoms with Crippen LogP contribution in [0.2, 0.25) is 0 Å². The fourth-order valence-corrected chi connectivity index (χ4v) is 7.54. The lowest BCUT2D eigenvalue weighted by molar-refractivity contribution is 0.0519. The van der Waals surface area contributed by atoms with Crippen molar-refractivity contribution in [3.8, 4) is 34.1 Å². The third-order valence-corrected chi connectivity index (χ3v) is 11.4. The van der Waals surface area contributed by atoms with Crippen LogP contribution < -0.4 is 24.4 Å². The molecule has 0 radical (unpaired) electrons. The maximum atomic E-state index is 11.5. The van der Waals surface area contributed by atoms with E-state index >= 15 is 0 Å². The largest absolute Gasteiger partial charge is 0.492 e. The van der Waals surface area contributed by atoms with E-state index in [-0.39, 0.29) is 18.3 Å². The Hall–Kier alpha value is -6.57. The van der Waals surface area contributed by atoms with Crippen LogP contribution in [0, 0.1) is 3.57 Å². The quantitative estimate of drug-likeness (QED) is 0.0450. The van der Waals surface area contributed by atoms with E-state index < -0.39 is 13.1 Å². The number of aromatic nitrogens is 2. The molecule has 12 nitrogen and oxygen atoms in total. The summed E-state index contributed by atoms with van der Waals surface area (Å²) >= 11 is 4.89. The monoisotopic (exact) mass is 1030 g/mol. The van der Waals surface area contributed by atoms with Crippen molar-refractivity contribution in [2.45, 2.75) is 33.4 Å². The fraction of sp³-hybridized carbons (Fsp3) is 0.120. The molecule has 0 aliphatic rings. The van der Waals surface area contributed by atoms with Gasteiger partial charge in [-0.2, -0.15) is 0 Å². The first-order valence-corrected chi connectivity index (χ1v) is 23.3. The lowest BCUT2D eigenvalue weighted by Crippen LogP contribution is -2.31. The highest BCUT2D eigenvalue weighted by Crippen LogP contribution is 2.32. The number of esters is 1. The summed E-state index contributed by atoms with van der Waals surface area (Å²) in [6.45, 7) is 3.62. The average molecular weight is 1030 g/mol. The minimum Gasteiger partial charge on any atom is -0.489 e. The van der Waals surface area contributed by atoms with Crippen LogP contribution in [0.5, 0.6) is 23.0 Å². The third kappa shape index (κ3) is 15.6. The molecule has 0 amide bonds. The number of carboxylic acids is 1. The van der Waals surface area contributed by atoms with Crippen LogP contribution in [0.15, 0.2) is 168 Å². The lowest BCUT2D eigenvalue weighted by atomic mass is 9.79. The van der Waals surface area contributed by atoms with Crippen molar-refractivity contribution in [2.24, 2.45) is 0 Å². The predicted molar refractivity (Wildman–Crippen MR) is 265 cm³/mol. The van der Waals surface area contributed by atoms with E-state index in [1.807, 2.05) is 133 Å². The van der Waals surface area contributed by atoms with Crippen molar-refractivity contribution in [1.82, 2.24) is 9.97 Å². The topological polar surface area (TPSA) is 167 Å². The molecule has 0 aliphatic heterocycles. The number of para-hydroxylation sites is 2. The number of rotatable bonds is 17. The molecule has 0 atom stereocenters. The first-order valence-electron chi connectivity index (χ1n) is 20.4. The number of nitrogens with zero attached hydrogens (tertiary/aromatic N) is 2. The van der Waals surface area contributed by atoms with Gasteiger partial charge < -0.3 is 38.8 Å². The second-order valence-corrected chi connectivity index (χ2v) is 16.9. The Bertz CT molecular complexity index is 2720. The van der Waals surface area contributed by atoms with E-state index in [4.69, 9.17) is 28.8 Å². The zero-order valence-electron chi connectivity index (χ0n) is 35.6. The number of thiazole rings is 2. The molecule has 16 heteroatoms. The van der Waals surface area contributed by atoms with Crippen LogP contribution in [0.4, 0.5) is 0 Å². The van der Waals surface area contributed by atoms with Gasteiger partial charge in [-0.15, -0.1) is 22.7 Å². The van der Waals surface area contributed by atoms with Crippen molar-refractivity contribution in [3.05, 3.63) is 205 Å². The SMILES string of the molecule is CCOC(=O)c1csc(COc2ccc(I)cc2)n1.O=C(O)c1csc(COc2ccc(-c3ccccc3OCc3ccccc3)cc2)n1.OB(O)c1ccccc1OCc1ccccc1. The zero-order chi connectivity index (χ0) is 46.5. The van der Waals surface area contributed by atoms with Crippen molar-refractivity contribution in [1.29, 1.82) is 0 Å². The summed E-state index contributed by atoms with van der Waals surface area (Å²) in [6, 6.07) is 50.1. The van der Waals surface area contributed by atoms with Crippen LogP contribution in [0.25, 0.3) is 11.1 Å². The summed E-state index contributed by atoms with van der Waals surface area (Å²) in [7, 11) is -1.51. The lowest BCUT2D eigenvalue weighted by Gasteiger charge is -2.12. The molecule has 3 N–H and O–H groups in total. The minimum atomic E-state index is -1.51. The van der Waals surface area contributed by atoms with Crippen molar-refractivity contribution < 1.29 is 48.4 Å². The maximum Gasteiger partial charge on any atom is 0.492 e. The van der Waals surface area contributed by atoms with Crippen molar-refractivity contribution in [2.75, 3.05) is 6.61 Å². The van der Waals surface area contributed by atoms with Gasteiger partial charge in [0.2, 0.25) is 0 Å². The molecule has 2 aromatic heterocycles. The Labute approximate surface area is 404 Å². The fourth-order valence-electron chi connectivity index (χ4n) is 5.83. The number of ether oxygens (including phenoxy) is 5. The average Bonchev–Trinajstić information content (AvgIpc) is 4.05. The molecule has 0 saturated carbocycles. The van der Waals surface area contributed by atoms with E-state index in [0.717, 1.165) is 42.3 Å². The summed E-state index contributed by atoms with van der Waals surface area (Å²) in [4.78, 5) is 30.6. The number of halogens is 1. The molecule has 0 aliphatic carbocycles. The molecular formula is C50H44BIN2O10S2. The molecule has 0 bridgehead atoms. The highest BCUT2D eigenvalue weighted by molar-refractivity contribution is 14.1. The first-order chi connectivity index (χ1) is 32.1. The van der Waals surface area contributed by atoms with Crippen LogP contribution in [0.3, 0.4) is 0 Å². The molecular weight excluding hydrogens is 990 g/mol. The number of carbonyl (C=O) groups is 2. The normalized spacial score (nSPS) is 10.3. The Morgan fingerprint density at radius 3 is 1.61 bits per heavy atom. The predicted octanol–water partition coefficient (Wildman–Crippen LogP) is 10.1. The third-order valence-electron chi connectivity index (χ3n) is 9.07. The molecule has 66 heavy (non-hydrogen) atoms. The van der Waals surface area contributed by atoms with Crippen LogP contribution in [-0.2, 0) is 31.2 Å². The Kier molecular flexibility index (Phi) is 19.1. The Morgan fingerprint density at radius 2 is 1.06 bits per heavy atom. The number of carboxylic acid groups (broad SMARTS) is 1. The zero-order valence-corrected chi connectivity index (χ0v) is 39.4. The van der Waals surface area contributed by atoms with E-state index in [0.29, 0.717) is 54.1 Å². The van der Waals surface area contributed by atoms with E-state index in [1.165, 1.54) is 28.1 Å². The van der Waals surface area contributed by atoms with Gasteiger partial charge in [0.05, 0.1) is 6.61 Å². The standard InChI is InChI=1S/C24H19NO4S.C13H13BO3.C13H12INO3S/c26-24(27)21-16-30-23(25-21)15-28-19-12-10-18(11-13-19)20-8-4-5-9-22(20)29-14-17-6-2-1-3-7-17;15-14(16)12-8-4-5-9-13(12)17-10-11-6-2-1-3-7-11;1-2-17-13(16)11-8-19-12(15-11)7-18-10-5-3-9(14)4-6-10/h1-13,16H,14-15H2,(H,26,27);1-9,15-16H,10H2;3-6,8H,2,7H2,1H3. The summed E-state index contributed by atoms with van der Waals surface area (Å²) < 4.78 is 29.0. The second kappa shape index (κ2) is 25.8. The molecule has 0 fully saturated rings. The molecule has 8 aromatic rings. The summed E-state index contributed by atoms with van der Waals surface area (Å²) in [5.41, 5.74) is 4.94. The Balaban J connectivity index is 0.000000173. The van der Waals surface area contributed by atoms with Crippen molar-refractivity contribution in [3.63, 3.8) is 0 Å². The van der Waals surface area contributed by atoms with Gasteiger partial charge in [-0.25, -0.2) is 19.6 Å². The van der Waals surface area contributed by atoms with Gasteiger partial charge in [-0.05, 0) is 94.7 Å². The van der Waals surface area contributed by atoms with Gasteiger partial charge in [-0.1, -0.05) is 109 Å². The second-order valence-electron chi connectivity index (χ2n) is 13.8. The molecule has 0 saturated heterocycles. The van der Waals surface area contributed by atoms with Crippen molar-refractivity contribution >= 4 is 69.8 Å². The molecule has 2 heterocycles. The van der Waals surface area contributed by atoms with Gasteiger partial charge in [0.15, 0.2) is 11.4 Å². The van der Waals surface area contributed by atoms with E-state index in [2.05, 4.69) is 32.6 Å². The molecule has 6 aromatic carbocycles. The Morgan fingerprint density at radius 1 is 0.576 bits per heavy atom. The van der Waals surface area contributed by atoms with Crippen LogP contribution in [-0.4, -0.2) is 50.8 Å². The minimum absolute atomic E-state index is 0.0426. The molecule has 8 rings (SSSR count). The number of hydrogen-bond acceptors (Lipinski definition) is 13. The first kappa shape index (κ1) is 48.9. The number of carbonyl (C=O) groups excluding carboxylic acids is 1. The van der Waals surface area contributed by atoms with Gasteiger partial charge >= 0.3 is 19.1 Å². The van der Waals surface area contributed by atoms with Crippen LogP contribution >= 0.6 is 45.3 Å². The molecule has 0 unspecified atom stereocenters. The molecule has 336 valence electrons. The highest BCUT2D eigenvalue weighted by Gasteiger charge is 2.16. The number of aromatic carboxylic acids is 1. The summed E-state index contributed by atoms with van der Waals surface area (Å²) in [5, 5.41) is 31.9. The number of hydrogen-bond donors (Lipinski definition) is 3. The van der Waals surface area contributed by atoms with Gasteiger partial charge in [0.25, 0.3) is 0 Å². The molecule has 0 spiro atoms. The van der Waals surface area contributed by atoms with Gasteiger partial charge in [0, 0.05) is 25.4 Å². The van der Waals surface area contributed by atoms with E-state index in [9.17, 15) is 19.6 Å². The summed E-state index contributed by atoms with van der Waals surface area (Å²) in [6.07, 6.45) is 0. The van der Waals surface area contributed by atoms with Gasteiger partial charge in [0.1, 0.15) is 59.4 Å². The van der Waals surface area contributed by atoms with Crippen LogP contribution in [0.1, 0.15) is 49.0 Å². The van der Waals surface area contributed by atoms with Gasteiger partial charge in [-0.3, -0.25) is 0 Å². The highest BCUT2D eigenvalue weighted by atomic mass is 127. The maximum absolute atomic E-state index is 11.5. The number of benzene rings is 6. The summed E-state index contributed by atoms with van der Waals surface area (Å²) in [5.74, 6) is 1.36. The van der Waals surface area contributed by atoms with E-state index in [1.54, 1.807) is 36.6 Å².